The van der Waals surface area contributed by atoms with Gasteiger partial charge in [-0.3, -0.25) is 15.1 Å². The number of nitrogens with zero attached hydrogens (tertiary/aromatic N) is 2. The third kappa shape index (κ3) is 3.60. The summed E-state index contributed by atoms with van der Waals surface area (Å²) in [6, 6.07) is 14.1. The lowest BCUT2D eigenvalue weighted by Crippen LogP contribution is -2.18. The van der Waals surface area contributed by atoms with Gasteiger partial charge in [0.1, 0.15) is 11.3 Å². The number of aliphatic hydroxyl groups excluding tert-OH is 1. The van der Waals surface area contributed by atoms with Crippen molar-refractivity contribution in [2.45, 2.75) is 6.10 Å². The molecule has 3 aromatic rings. The van der Waals surface area contributed by atoms with Crippen LogP contribution in [0.2, 0.25) is 0 Å². The Morgan fingerprint density at radius 3 is 2.65 bits per heavy atom. The highest BCUT2D eigenvalue weighted by molar-refractivity contribution is 5.92. The molecule has 0 saturated heterocycles. The first-order valence-corrected chi connectivity index (χ1v) is 7.62. The second-order valence-electron chi connectivity index (χ2n) is 5.28. The third-order valence-electron chi connectivity index (χ3n) is 3.66. The number of aromatic nitrogens is 1. The zero-order valence-electron chi connectivity index (χ0n) is 13.4. The van der Waals surface area contributed by atoms with E-state index < -0.39 is 23.8 Å². The van der Waals surface area contributed by atoms with Crippen molar-refractivity contribution in [3.8, 4) is 5.75 Å². The quantitative estimate of drug-likeness (QED) is 0.313. The van der Waals surface area contributed by atoms with Crippen LogP contribution in [0.3, 0.4) is 0 Å². The van der Waals surface area contributed by atoms with Gasteiger partial charge in [-0.1, -0.05) is 30.3 Å². The number of benzene rings is 2. The van der Waals surface area contributed by atoms with E-state index in [1.807, 2.05) is 0 Å². The van der Waals surface area contributed by atoms with Gasteiger partial charge in [0, 0.05) is 12.3 Å². The van der Waals surface area contributed by atoms with Gasteiger partial charge in [0.15, 0.2) is 6.10 Å². The second-order valence-corrected chi connectivity index (χ2v) is 5.28. The smallest absolute Gasteiger partial charge is 0.342 e. The molecule has 0 fully saturated rings. The Hall–Kier alpha value is -3.52. The Balaban J connectivity index is 1.70. The average molecular weight is 354 g/mol. The molecule has 0 spiro atoms. The molecule has 0 aliphatic carbocycles. The normalized spacial score (nSPS) is 11.7. The predicted octanol–water partition coefficient (Wildman–Crippen LogP) is 2.76. The number of hydrogen-bond acceptors (Lipinski definition) is 7. The first-order valence-electron chi connectivity index (χ1n) is 7.62. The van der Waals surface area contributed by atoms with Gasteiger partial charge < -0.3 is 14.6 Å². The van der Waals surface area contributed by atoms with E-state index in [1.165, 1.54) is 18.3 Å². The number of esters is 1. The molecule has 1 atom stereocenters. The maximum atomic E-state index is 11.9. The van der Waals surface area contributed by atoms with Crippen molar-refractivity contribution in [1.82, 2.24) is 4.98 Å². The van der Waals surface area contributed by atoms with Crippen LogP contribution in [0.4, 0.5) is 5.69 Å². The van der Waals surface area contributed by atoms with E-state index >= 15 is 0 Å². The topological polar surface area (TPSA) is 112 Å². The van der Waals surface area contributed by atoms with Gasteiger partial charge in [0.2, 0.25) is 6.79 Å². The summed E-state index contributed by atoms with van der Waals surface area (Å²) in [5, 5.41) is 21.3. The number of non-ortho nitro benzene ring substituents is 1. The standard InChI is InChI=1S/C18H14N2O6/c21-17(12-5-2-1-3-6-12)18(22)26-11-25-15-9-8-14(20(23)24)13-7-4-10-19-16(13)15/h1-10,17,21H,11H2/t17-/m0/s1. The molecule has 0 amide bonds. The molecular weight excluding hydrogens is 340 g/mol. The Morgan fingerprint density at radius 2 is 1.92 bits per heavy atom. The molecule has 3 rings (SSSR count). The highest BCUT2D eigenvalue weighted by atomic mass is 16.7. The van der Waals surface area contributed by atoms with E-state index in [2.05, 4.69) is 4.98 Å². The molecule has 1 heterocycles. The zero-order valence-corrected chi connectivity index (χ0v) is 13.4. The molecule has 2 aromatic carbocycles. The number of nitro benzene ring substituents is 1. The van der Waals surface area contributed by atoms with Crippen molar-refractivity contribution in [1.29, 1.82) is 0 Å². The van der Waals surface area contributed by atoms with Crippen LogP contribution >= 0.6 is 0 Å². The number of rotatable bonds is 6. The number of nitro groups is 1. The van der Waals surface area contributed by atoms with E-state index in [0.717, 1.165) is 0 Å². The van der Waals surface area contributed by atoms with Crippen molar-refractivity contribution in [3.05, 3.63) is 76.5 Å². The molecular formula is C18H14N2O6. The fourth-order valence-corrected chi connectivity index (χ4v) is 2.41. The van der Waals surface area contributed by atoms with Crippen LogP contribution in [0.5, 0.6) is 5.75 Å². The maximum Gasteiger partial charge on any atom is 0.342 e. The molecule has 132 valence electrons. The van der Waals surface area contributed by atoms with Crippen LogP contribution in [-0.2, 0) is 9.53 Å². The minimum atomic E-state index is -1.42. The van der Waals surface area contributed by atoms with Gasteiger partial charge in [0.25, 0.3) is 5.69 Å². The number of carbonyl (C=O) groups is 1. The van der Waals surface area contributed by atoms with Gasteiger partial charge in [0.05, 0.1) is 10.3 Å². The largest absolute Gasteiger partial charge is 0.455 e. The highest BCUT2D eigenvalue weighted by Crippen LogP contribution is 2.31. The number of hydrogen-bond donors (Lipinski definition) is 1. The summed E-state index contributed by atoms with van der Waals surface area (Å²) in [7, 11) is 0. The van der Waals surface area contributed by atoms with Crippen LogP contribution in [0.25, 0.3) is 10.9 Å². The second kappa shape index (κ2) is 7.58. The lowest BCUT2D eigenvalue weighted by molar-refractivity contribution is -0.383. The molecule has 0 unspecified atom stereocenters. The number of carbonyl (C=O) groups excluding carboxylic acids is 1. The minimum absolute atomic E-state index is 0.100. The van der Waals surface area contributed by atoms with Crippen LogP contribution in [0.1, 0.15) is 11.7 Å². The maximum absolute atomic E-state index is 11.9. The molecule has 1 N–H and O–H groups in total. The molecule has 0 aliphatic heterocycles. The van der Waals surface area contributed by atoms with Crippen molar-refractivity contribution in [2.75, 3.05) is 6.79 Å². The summed E-state index contributed by atoms with van der Waals surface area (Å²) in [6.45, 7) is -0.466. The molecule has 0 radical (unpaired) electrons. The van der Waals surface area contributed by atoms with Gasteiger partial charge in [-0.25, -0.2) is 4.79 Å². The molecule has 8 nitrogen and oxygen atoms in total. The Kier molecular flexibility index (Phi) is 5.04. The zero-order chi connectivity index (χ0) is 18.5. The average Bonchev–Trinajstić information content (AvgIpc) is 2.67. The first kappa shape index (κ1) is 17.3. The first-order chi connectivity index (χ1) is 12.6. The van der Waals surface area contributed by atoms with Crippen LogP contribution in [-0.4, -0.2) is 27.8 Å². The van der Waals surface area contributed by atoms with Gasteiger partial charge >= 0.3 is 5.97 Å². The van der Waals surface area contributed by atoms with Gasteiger partial charge in [-0.2, -0.15) is 0 Å². The molecule has 26 heavy (non-hydrogen) atoms. The van der Waals surface area contributed by atoms with Crippen molar-refractivity contribution in [2.24, 2.45) is 0 Å². The molecule has 1 aromatic heterocycles. The lowest BCUT2D eigenvalue weighted by atomic mass is 10.1. The van der Waals surface area contributed by atoms with Crippen LogP contribution < -0.4 is 4.74 Å². The van der Waals surface area contributed by atoms with E-state index in [1.54, 1.807) is 42.5 Å². The van der Waals surface area contributed by atoms with E-state index in [4.69, 9.17) is 9.47 Å². The fraction of sp³-hybridized carbons (Fsp3) is 0.111. The number of fused-ring (bicyclic) bond motifs is 1. The minimum Gasteiger partial charge on any atom is -0.455 e. The van der Waals surface area contributed by atoms with Gasteiger partial charge in [-0.15, -0.1) is 0 Å². The van der Waals surface area contributed by atoms with Crippen molar-refractivity contribution >= 4 is 22.6 Å². The highest BCUT2D eigenvalue weighted by Gasteiger charge is 2.20. The summed E-state index contributed by atoms with van der Waals surface area (Å²) >= 11 is 0. The molecule has 0 bridgehead atoms. The van der Waals surface area contributed by atoms with Gasteiger partial charge in [-0.05, 0) is 23.8 Å². The van der Waals surface area contributed by atoms with Crippen molar-refractivity contribution in [3.63, 3.8) is 0 Å². The lowest BCUT2D eigenvalue weighted by Gasteiger charge is -2.12. The summed E-state index contributed by atoms with van der Waals surface area (Å²) in [6.07, 6.45) is 0.0518. The fourth-order valence-electron chi connectivity index (χ4n) is 2.41. The SMILES string of the molecule is O=C(OCOc1ccc([N+](=O)[O-])c2cccnc12)[C@@H](O)c1ccccc1. The summed E-state index contributed by atoms with van der Waals surface area (Å²) < 4.78 is 10.3. The number of pyridine rings is 1. The number of aliphatic hydroxyl groups is 1. The van der Waals surface area contributed by atoms with Crippen LogP contribution in [0, 0.1) is 10.1 Å². The monoisotopic (exact) mass is 354 g/mol. The Bertz CT molecular complexity index is 945. The summed E-state index contributed by atoms with van der Waals surface area (Å²) in [5.74, 6) is -0.636. The number of ether oxygens (including phenoxy) is 2. The van der Waals surface area contributed by atoms with E-state index in [0.29, 0.717) is 10.9 Å². The van der Waals surface area contributed by atoms with Crippen molar-refractivity contribution < 1.29 is 24.3 Å². The summed E-state index contributed by atoms with van der Waals surface area (Å²) in [5.41, 5.74) is 0.582. The Labute approximate surface area is 147 Å². The molecule has 8 heteroatoms. The predicted molar refractivity (Wildman–Crippen MR) is 91.4 cm³/mol. The molecule has 0 saturated carbocycles. The van der Waals surface area contributed by atoms with E-state index in [-0.39, 0.29) is 17.0 Å². The molecule has 0 aliphatic rings. The third-order valence-corrected chi connectivity index (χ3v) is 3.66. The van der Waals surface area contributed by atoms with Crippen LogP contribution in [0.15, 0.2) is 60.8 Å². The van der Waals surface area contributed by atoms with E-state index in [9.17, 15) is 20.0 Å². The Morgan fingerprint density at radius 1 is 1.15 bits per heavy atom. The summed E-state index contributed by atoms with van der Waals surface area (Å²) in [4.78, 5) is 26.5.